The van der Waals surface area contributed by atoms with E-state index in [0.29, 0.717) is 17.3 Å². The van der Waals surface area contributed by atoms with E-state index in [-0.39, 0.29) is 18.0 Å². The van der Waals surface area contributed by atoms with Crippen molar-refractivity contribution in [1.82, 2.24) is 14.5 Å². The first-order valence-corrected chi connectivity index (χ1v) is 10.7. The number of fused-ring (bicyclic) bond motifs is 1. The molecule has 1 fully saturated rings. The summed E-state index contributed by atoms with van der Waals surface area (Å²) >= 11 is 1.52. The maximum atomic E-state index is 13.1. The van der Waals surface area contributed by atoms with Crippen LogP contribution in [0.25, 0.3) is 20.7 Å². The molecule has 0 bridgehead atoms. The summed E-state index contributed by atoms with van der Waals surface area (Å²) in [7, 11) is 1.86. The Morgan fingerprint density at radius 1 is 1.21 bits per heavy atom. The summed E-state index contributed by atoms with van der Waals surface area (Å²) in [6.45, 7) is 1.85. The van der Waals surface area contributed by atoms with Crippen LogP contribution in [0.1, 0.15) is 37.9 Å². The van der Waals surface area contributed by atoms with E-state index in [4.69, 9.17) is 0 Å². The van der Waals surface area contributed by atoms with Gasteiger partial charge in [-0.2, -0.15) is 0 Å². The third-order valence-corrected chi connectivity index (χ3v) is 6.79. The Bertz CT molecular complexity index is 1050. The second kappa shape index (κ2) is 7.87. The zero-order chi connectivity index (χ0) is 19.7. The van der Waals surface area contributed by atoms with E-state index in [1.165, 1.54) is 35.2 Å². The Balaban J connectivity index is 1.64. The average Bonchev–Trinajstić information content (AvgIpc) is 3.16. The first-order valence-electron chi connectivity index (χ1n) is 9.86. The van der Waals surface area contributed by atoms with Crippen LogP contribution in [0.3, 0.4) is 0 Å². The number of hydrogen-bond acceptors (Lipinski definition) is 4. The van der Waals surface area contributed by atoms with Crippen LogP contribution in [0.4, 0.5) is 0 Å². The van der Waals surface area contributed by atoms with Crippen molar-refractivity contribution in [3.8, 4) is 10.4 Å². The summed E-state index contributed by atoms with van der Waals surface area (Å²) in [5.41, 5.74) is 0.938. The number of nitrogens with zero attached hydrogens (tertiary/aromatic N) is 3. The molecule has 1 aromatic carbocycles. The molecule has 2 aromatic heterocycles. The quantitative estimate of drug-likeness (QED) is 0.664. The van der Waals surface area contributed by atoms with E-state index in [9.17, 15) is 9.59 Å². The molecule has 3 aromatic rings. The first-order chi connectivity index (χ1) is 13.5. The molecule has 0 saturated heterocycles. The van der Waals surface area contributed by atoms with Crippen LogP contribution in [-0.4, -0.2) is 33.4 Å². The summed E-state index contributed by atoms with van der Waals surface area (Å²) in [5, 5.41) is 0.586. The largest absolute Gasteiger partial charge is 0.341 e. The summed E-state index contributed by atoms with van der Waals surface area (Å²) in [6, 6.07) is 12.2. The van der Waals surface area contributed by atoms with Gasteiger partial charge in [0.15, 0.2) is 0 Å². The molecule has 2 heterocycles. The highest BCUT2D eigenvalue weighted by Crippen LogP contribution is 2.31. The normalized spacial score (nSPS) is 15.1. The van der Waals surface area contributed by atoms with Gasteiger partial charge in [0.2, 0.25) is 5.91 Å². The molecule has 0 aliphatic heterocycles. The molecule has 0 atom stereocenters. The first kappa shape index (κ1) is 18.9. The average molecular weight is 396 g/mol. The van der Waals surface area contributed by atoms with Crippen molar-refractivity contribution in [3.05, 3.63) is 52.6 Å². The number of likely N-dealkylation sites (N-methyl/N-ethyl adjacent to an activating group) is 1. The van der Waals surface area contributed by atoms with E-state index in [0.717, 1.165) is 28.1 Å². The number of benzene rings is 1. The van der Waals surface area contributed by atoms with Gasteiger partial charge in [-0.05, 0) is 31.4 Å². The molecule has 1 aliphatic rings. The highest BCUT2D eigenvalue weighted by molar-refractivity contribution is 7.21. The molecule has 0 unspecified atom stereocenters. The number of thiophene rings is 1. The van der Waals surface area contributed by atoms with Crippen LogP contribution in [0.15, 0.2) is 41.2 Å². The third-order valence-electron chi connectivity index (χ3n) is 5.71. The van der Waals surface area contributed by atoms with Crippen LogP contribution in [0.5, 0.6) is 0 Å². The van der Waals surface area contributed by atoms with Gasteiger partial charge in [0.1, 0.15) is 17.2 Å². The topological polar surface area (TPSA) is 55.2 Å². The molecular weight excluding hydrogens is 370 g/mol. The van der Waals surface area contributed by atoms with E-state index in [2.05, 4.69) is 4.98 Å². The molecule has 1 aliphatic carbocycles. The van der Waals surface area contributed by atoms with E-state index in [1.807, 2.05) is 48.3 Å². The molecule has 0 spiro atoms. The second-order valence-corrected chi connectivity index (χ2v) is 8.57. The Hall–Kier alpha value is -2.47. The van der Waals surface area contributed by atoms with Gasteiger partial charge in [-0.15, -0.1) is 11.3 Å². The van der Waals surface area contributed by atoms with Crippen molar-refractivity contribution in [2.75, 3.05) is 7.05 Å². The lowest BCUT2D eigenvalue weighted by molar-refractivity contribution is -0.133. The fraction of sp³-hybridized carbons (Fsp3) is 0.409. The van der Waals surface area contributed by atoms with E-state index < -0.39 is 0 Å². The van der Waals surface area contributed by atoms with Crippen LogP contribution < -0.4 is 5.56 Å². The monoisotopic (exact) mass is 395 g/mol. The fourth-order valence-corrected chi connectivity index (χ4v) is 5.04. The summed E-state index contributed by atoms with van der Waals surface area (Å²) in [6.07, 6.45) is 5.70. The Morgan fingerprint density at radius 3 is 2.64 bits per heavy atom. The van der Waals surface area contributed by atoms with Crippen LogP contribution in [0, 0.1) is 6.92 Å². The number of hydrogen-bond donors (Lipinski definition) is 0. The second-order valence-electron chi connectivity index (χ2n) is 7.54. The zero-order valence-electron chi connectivity index (χ0n) is 16.4. The maximum absolute atomic E-state index is 13.1. The predicted molar refractivity (Wildman–Crippen MR) is 114 cm³/mol. The van der Waals surface area contributed by atoms with Gasteiger partial charge in [0.25, 0.3) is 5.56 Å². The van der Waals surface area contributed by atoms with Crippen LogP contribution in [0.2, 0.25) is 0 Å². The van der Waals surface area contributed by atoms with Crippen LogP contribution in [-0.2, 0) is 11.3 Å². The minimum atomic E-state index is -0.133. The Kier molecular flexibility index (Phi) is 5.31. The van der Waals surface area contributed by atoms with Crippen molar-refractivity contribution in [2.24, 2.45) is 0 Å². The summed E-state index contributed by atoms with van der Waals surface area (Å²) in [4.78, 5) is 34.1. The molecule has 5 nitrogen and oxygen atoms in total. The van der Waals surface area contributed by atoms with Gasteiger partial charge in [-0.3, -0.25) is 14.2 Å². The van der Waals surface area contributed by atoms with Gasteiger partial charge in [-0.25, -0.2) is 4.98 Å². The van der Waals surface area contributed by atoms with Gasteiger partial charge in [-0.1, -0.05) is 49.6 Å². The molecule has 6 heteroatoms. The maximum Gasteiger partial charge on any atom is 0.262 e. The molecule has 146 valence electrons. The Morgan fingerprint density at radius 2 is 1.93 bits per heavy atom. The van der Waals surface area contributed by atoms with Crippen LogP contribution >= 0.6 is 11.3 Å². The molecule has 1 saturated carbocycles. The lowest BCUT2D eigenvalue weighted by atomic mass is 9.94. The molecule has 28 heavy (non-hydrogen) atoms. The molecule has 0 radical (unpaired) electrons. The highest BCUT2D eigenvalue weighted by Gasteiger charge is 2.23. The van der Waals surface area contributed by atoms with Crippen molar-refractivity contribution in [3.63, 3.8) is 0 Å². The minimum absolute atomic E-state index is 0.0169. The lowest BCUT2D eigenvalue weighted by Crippen LogP contribution is -2.42. The molecule has 1 amide bonds. The van der Waals surface area contributed by atoms with Gasteiger partial charge in [0, 0.05) is 18.0 Å². The van der Waals surface area contributed by atoms with E-state index in [1.54, 1.807) is 6.92 Å². The summed E-state index contributed by atoms with van der Waals surface area (Å²) in [5.74, 6) is 0.570. The zero-order valence-corrected chi connectivity index (χ0v) is 17.2. The van der Waals surface area contributed by atoms with Gasteiger partial charge < -0.3 is 4.90 Å². The number of amides is 1. The number of carbonyl (C=O) groups is 1. The van der Waals surface area contributed by atoms with Crippen molar-refractivity contribution >= 4 is 27.5 Å². The van der Waals surface area contributed by atoms with Crippen molar-refractivity contribution in [1.29, 1.82) is 0 Å². The van der Waals surface area contributed by atoms with Gasteiger partial charge in [0.05, 0.1) is 5.39 Å². The predicted octanol–water partition coefficient (Wildman–Crippen LogP) is 4.22. The standard InChI is InChI=1S/C22H25N3O2S/c1-15-23-21-18(13-19(28-21)16-9-5-3-6-10-16)22(27)25(15)14-20(26)24(2)17-11-7-4-8-12-17/h3,5-6,9-10,13,17H,4,7-8,11-12,14H2,1-2H3. The number of rotatable bonds is 4. The van der Waals surface area contributed by atoms with Crippen molar-refractivity contribution < 1.29 is 4.79 Å². The smallest absolute Gasteiger partial charge is 0.262 e. The molecule has 0 N–H and O–H groups in total. The number of aryl methyl sites for hydroxylation is 1. The third kappa shape index (κ3) is 3.61. The molecule has 4 rings (SSSR count). The summed E-state index contributed by atoms with van der Waals surface area (Å²) < 4.78 is 1.52. The lowest BCUT2D eigenvalue weighted by Gasteiger charge is -2.31. The van der Waals surface area contributed by atoms with E-state index >= 15 is 0 Å². The SMILES string of the molecule is Cc1nc2sc(-c3ccccc3)cc2c(=O)n1CC(=O)N(C)C1CCCCC1. The number of aromatic nitrogens is 2. The number of carbonyl (C=O) groups excluding carboxylic acids is 1. The highest BCUT2D eigenvalue weighted by atomic mass is 32.1. The molecular formula is C22H25N3O2S. The Labute approximate surface area is 168 Å². The minimum Gasteiger partial charge on any atom is -0.341 e. The van der Waals surface area contributed by atoms with Crippen molar-refractivity contribution in [2.45, 2.75) is 51.6 Å². The fourth-order valence-electron chi connectivity index (χ4n) is 3.97. The van der Waals surface area contributed by atoms with Gasteiger partial charge >= 0.3 is 0 Å².